The SMILES string of the molecule is O=C1CCCCCC1(Cc1cc([N+](=O)[O-])ccc1Br)[N+](=O)[O-]. The van der Waals surface area contributed by atoms with Crippen molar-refractivity contribution in [1.29, 1.82) is 0 Å². The Labute approximate surface area is 135 Å². The van der Waals surface area contributed by atoms with Crippen LogP contribution in [0.15, 0.2) is 22.7 Å². The van der Waals surface area contributed by atoms with Gasteiger partial charge in [-0.2, -0.15) is 0 Å². The summed E-state index contributed by atoms with van der Waals surface area (Å²) < 4.78 is 0.538. The van der Waals surface area contributed by atoms with E-state index in [1.54, 1.807) is 0 Å². The van der Waals surface area contributed by atoms with Gasteiger partial charge in [0.1, 0.15) is 0 Å². The van der Waals surface area contributed by atoms with Crippen LogP contribution in [-0.2, 0) is 11.2 Å². The summed E-state index contributed by atoms with van der Waals surface area (Å²) in [5.41, 5.74) is -1.40. The largest absolute Gasteiger partial charge is 0.292 e. The zero-order chi connectivity index (χ0) is 16.3. The van der Waals surface area contributed by atoms with Crippen molar-refractivity contribution in [2.24, 2.45) is 0 Å². The van der Waals surface area contributed by atoms with Gasteiger partial charge in [-0.15, -0.1) is 0 Å². The van der Waals surface area contributed by atoms with E-state index in [0.29, 0.717) is 22.9 Å². The van der Waals surface area contributed by atoms with E-state index < -0.39 is 15.4 Å². The molecule has 0 spiro atoms. The lowest BCUT2D eigenvalue weighted by atomic mass is 9.83. The highest BCUT2D eigenvalue weighted by molar-refractivity contribution is 9.10. The minimum atomic E-state index is -1.67. The van der Waals surface area contributed by atoms with Gasteiger partial charge in [0.15, 0.2) is 0 Å². The van der Waals surface area contributed by atoms with Crippen molar-refractivity contribution in [2.75, 3.05) is 0 Å². The third-order valence-electron chi connectivity index (χ3n) is 4.09. The number of nitro groups is 2. The van der Waals surface area contributed by atoms with Gasteiger partial charge < -0.3 is 0 Å². The number of carbonyl (C=O) groups is 1. The van der Waals surface area contributed by atoms with E-state index in [2.05, 4.69) is 15.9 Å². The van der Waals surface area contributed by atoms with Crippen molar-refractivity contribution in [3.05, 3.63) is 48.5 Å². The van der Waals surface area contributed by atoms with Gasteiger partial charge in [0.05, 0.1) is 11.3 Å². The molecule has 0 saturated heterocycles. The molecule has 1 unspecified atom stereocenters. The summed E-state index contributed by atoms with van der Waals surface area (Å²) >= 11 is 3.26. The predicted molar refractivity (Wildman–Crippen MR) is 82.3 cm³/mol. The molecule has 0 aromatic heterocycles. The zero-order valence-electron chi connectivity index (χ0n) is 11.8. The van der Waals surface area contributed by atoms with Gasteiger partial charge in [-0.1, -0.05) is 22.4 Å². The van der Waals surface area contributed by atoms with Gasteiger partial charge in [-0.05, 0) is 24.5 Å². The van der Waals surface area contributed by atoms with Crippen LogP contribution in [0.3, 0.4) is 0 Å². The summed E-state index contributed by atoms with van der Waals surface area (Å²) in [5.74, 6) is -0.381. The Hall–Kier alpha value is -1.83. The normalized spacial score (nSPS) is 22.1. The van der Waals surface area contributed by atoms with Gasteiger partial charge in [-0.3, -0.25) is 25.0 Å². The molecule has 8 heteroatoms. The average Bonchev–Trinajstić information content (AvgIpc) is 2.64. The summed E-state index contributed by atoms with van der Waals surface area (Å²) in [5, 5.41) is 22.5. The number of hydrogen-bond donors (Lipinski definition) is 0. The van der Waals surface area contributed by atoms with Crippen LogP contribution in [0.1, 0.15) is 37.7 Å². The van der Waals surface area contributed by atoms with Crippen LogP contribution in [-0.4, -0.2) is 21.2 Å². The summed E-state index contributed by atoms with van der Waals surface area (Å²) in [7, 11) is 0. The van der Waals surface area contributed by atoms with E-state index in [0.717, 1.165) is 6.42 Å². The number of Topliss-reactive ketones (excluding diaryl/α,β-unsaturated/α-hetero) is 1. The zero-order valence-corrected chi connectivity index (χ0v) is 13.4. The van der Waals surface area contributed by atoms with Crippen molar-refractivity contribution in [2.45, 2.75) is 44.1 Å². The molecule has 0 heterocycles. The maximum absolute atomic E-state index is 12.3. The predicted octanol–water partition coefficient (Wildman–Crippen LogP) is 3.45. The Balaban J connectivity index is 2.44. The lowest BCUT2D eigenvalue weighted by molar-refractivity contribution is -0.553. The minimum absolute atomic E-state index is 0.124. The van der Waals surface area contributed by atoms with E-state index in [4.69, 9.17) is 0 Å². The Bertz CT molecular complexity index is 634. The molecule has 0 radical (unpaired) electrons. The van der Waals surface area contributed by atoms with Crippen LogP contribution in [0.2, 0.25) is 0 Å². The summed E-state index contributed by atoms with van der Waals surface area (Å²) in [6.07, 6.45) is 2.30. The second kappa shape index (κ2) is 6.51. The lowest BCUT2D eigenvalue weighted by Gasteiger charge is -2.23. The summed E-state index contributed by atoms with van der Waals surface area (Å²) in [6.45, 7) is 0. The maximum atomic E-state index is 12.3. The summed E-state index contributed by atoms with van der Waals surface area (Å²) in [4.78, 5) is 33.8. The van der Waals surface area contributed by atoms with Gasteiger partial charge in [0, 0.05) is 34.4 Å². The first-order valence-electron chi connectivity index (χ1n) is 6.97. The number of non-ortho nitro benzene ring substituents is 1. The first kappa shape index (κ1) is 16.5. The van der Waals surface area contributed by atoms with Crippen LogP contribution in [0.5, 0.6) is 0 Å². The number of rotatable bonds is 4. The Kier molecular flexibility index (Phi) is 4.90. The molecule has 1 aromatic rings. The van der Waals surface area contributed by atoms with Gasteiger partial charge in [0.2, 0.25) is 5.78 Å². The molecule has 1 aromatic carbocycles. The molecule has 22 heavy (non-hydrogen) atoms. The third-order valence-corrected chi connectivity index (χ3v) is 4.86. The molecular formula is C14H15BrN2O5. The number of carbonyl (C=O) groups excluding carboxylic acids is 1. The molecule has 1 atom stereocenters. The molecule has 0 N–H and O–H groups in total. The summed E-state index contributed by atoms with van der Waals surface area (Å²) in [6, 6.07) is 4.11. The highest BCUT2D eigenvalue weighted by Crippen LogP contribution is 2.34. The van der Waals surface area contributed by atoms with E-state index in [1.807, 2.05) is 0 Å². The maximum Gasteiger partial charge on any atom is 0.283 e. The van der Waals surface area contributed by atoms with Crippen molar-refractivity contribution < 1.29 is 14.6 Å². The minimum Gasteiger partial charge on any atom is -0.292 e. The highest BCUT2D eigenvalue weighted by atomic mass is 79.9. The van der Waals surface area contributed by atoms with Crippen LogP contribution < -0.4 is 0 Å². The molecule has 7 nitrogen and oxygen atoms in total. The van der Waals surface area contributed by atoms with Crippen molar-refractivity contribution >= 4 is 27.4 Å². The lowest BCUT2D eigenvalue weighted by Crippen LogP contribution is -2.47. The smallest absolute Gasteiger partial charge is 0.283 e. The molecule has 0 bridgehead atoms. The van der Waals surface area contributed by atoms with E-state index >= 15 is 0 Å². The van der Waals surface area contributed by atoms with Crippen LogP contribution in [0.4, 0.5) is 5.69 Å². The topological polar surface area (TPSA) is 103 Å². The second-order valence-corrected chi connectivity index (χ2v) is 6.34. The molecule has 0 amide bonds. The van der Waals surface area contributed by atoms with Gasteiger partial charge in [-0.25, -0.2) is 0 Å². The molecule has 1 aliphatic carbocycles. The molecule has 1 fully saturated rings. The highest BCUT2D eigenvalue weighted by Gasteiger charge is 2.50. The van der Waals surface area contributed by atoms with Crippen molar-refractivity contribution in [3.63, 3.8) is 0 Å². The fraction of sp³-hybridized carbons (Fsp3) is 0.500. The van der Waals surface area contributed by atoms with Crippen LogP contribution >= 0.6 is 15.9 Å². The number of benzene rings is 1. The van der Waals surface area contributed by atoms with Crippen LogP contribution in [0, 0.1) is 20.2 Å². The van der Waals surface area contributed by atoms with Gasteiger partial charge in [0.25, 0.3) is 11.2 Å². The van der Waals surface area contributed by atoms with E-state index in [-0.39, 0.29) is 30.7 Å². The fourth-order valence-electron chi connectivity index (χ4n) is 2.82. The van der Waals surface area contributed by atoms with Gasteiger partial charge >= 0.3 is 0 Å². The van der Waals surface area contributed by atoms with Crippen molar-refractivity contribution in [3.8, 4) is 0 Å². The van der Waals surface area contributed by atoms with Crippen molar-refractivity contribution in [1.82, 2.24) is 0 Å². The standard InChI is InChI=1S/C14H15BrN2O5/c15-12-6-5-11(16(19)20)8-10(12)9-14(17(21)22)7-3-1-2-4-13(14)18/h5-6,8H,1-4,7,9H2. The average molecular weight is 371 g/mol. The molecule has 2 rings (SSSR count). The van der Waals surface area contributed by atoms with E-state index in [1.165, 1.54) is 18.2 Å². The molecule has 1 saturated carbocycles. The quantitative estimate of drug-likeness (QED) is 0.458. The molecule has 118 valence electrons. The van der Waals surface area contributed by atoms with Crippen LogP contribution in [0.25, 0.3) is 0 Å². The molecular weight excluding hydrogens is 356 g/mol. The number of nitrogens with zero attached hydrogens (tertiary/aromatic N) is 2. The first-order valence-corrected chi connectivity index (χ1v) is 7.77. The Morgan fingerprint density at radius 2 is 1.91 bits per heavy atom. The van der Waals surface area contributed by atoms with E-state index in [9.17, 15) is 25.0 Å². The third kappa shape index (κ3) is 3.16. The number of ketones is 1. The molecule has 0 aliphatic heterocycles. The number of hydrogen-bond acceptors (Lipinski definition) is 5. The Morgan fingerprint density at radius 3 is 2.55 bits per heavy atom. The number of nitro benzene ring substituents is 1. The Morgan fingerprint density at radius 1 is 1.18 bits per heavy atom. The second-order valence-electron chi connectivity index (χ2n) is 5.48. The first-order chi connectivity index (χ1) is 10.4. The number of halogens is 1. The molecule has 1 aliphatic rings. The fourth-order valence-corrected chi connectivity index (χ4v) is 3.21. The monoisotopic (exact) mass is 370 g/mol.